The van der Waals surface area contributed by atoms with E-state index in [-0.39, 0.29) is 11.1 Å². The van der Waals surface area contributed by atoms with Crippen LogP contribution in [0.5, 0.6) is 0 Å². The van der Waals surface area contributed by atoms with E-state index in [2.05, 4.69) is 0 Å². The van der Waals surface area contributed by atoms with Gasteiger partial charge in [-0.3, -0.25) is 4.79 Å². The summed E-state index contributed by atoms with van der Waals surface area (Å²) in [6, 6.07) is 7.65. The van der Waals surface area contributed by atoms with Crippen molar-refractivity contribution in [1.82, 2.24) is 0 Å². The Kier molecular flexibility index (Phi) is 2.36. The Labute approximate surface area is 109 Å². The van der Waals surface area contributed by atoms with Crippen molar-refractivity contribution < 1.29 is 13.6 Å². The fourth-order valence-corrected chi connectivity index (χ4v) is 2.58. The summed E-state index contributed by atoms with van der Waals surface area (Å²) in [7, 11) is 0. The number of carbonyl (C=O) groups is 1. The van der Waals surface area contributed by atoms with Crippen molar-refractivity contribution in [2.45, 2.75) is 19.8 Å². The maximum Gasteiger partial charge on any atom is 0.299 e. The van der Waals surface area contributed by atoms with Gasteiger partial charge in [-0.05, 0) is 48.2 Å². The quantitative estimate of drug-likeness (QED) is 0.699. The van der Waals surface area contributed by atoms with Crippen molar-refractivity contribution in [2.24, 2.45) is 0 Å². The Hall–Kier alpha value is -2.03. The molecule has 0 heterocycles. The van der Waals surface area contributed by atoms with E-state index < -0.39 is 5.92 Å². The molecule has 19 heavy (non-hydrogen) atoms. The molecule has 1 aliphatic carbocycles. The van der Waals surface area contributed by atoms with Crippen LogP contribution >= 0.6 is 0 Å². The lowest BCUT2D eigenvalue weighted by Gasteiger charge is -2.13. The molecule has 0 N–H and O–H groups in total. The van der Waals surface area contributed by atoms with Gasteiger partial charge in [0.2, 0.25) is 0 Å². The van der Waals surface area contributed by atoms with Crippen LogP contribution in [0.2, 0.25) is 0 Å². The maximum atomic E-state index is 14.4. The van der Waals surface area contributed by atoms with E-state index in [0.717, 1.165) is 11.1 Å². The van der Waals surface area contributed by atoms with Gasteiger partial charge in [-0.25, -0.2) is 0 Å². The molecule has 0 atom stereocenters. The average molecular weight is 258 g/mol. The monoisotopic (exact) mass is 258 g/mol. The normalized spacial score (nSPS) is 14.9. The molecular formula is C16H12F2O. The Bertz CT molecular complexity index is 702. The van der Waals surface area contributed by atoms with Crippen molar-refractivity contribution in [1.29, 1.82) is 0 Å². The number of alkyl halides is 2. The highest BCUT2D eigenvalue weighted by atomic mass is 19.3. The third kappa shape index (κ3) is 1.54. The summed E-state index contributed by atoms with van der Waals surface area (Å²) < 4.78 is 28.8. The fourth-order valence-electron chi connectivity index (χ4n) is 2.58. The van der Waals surface area contributed by atoms with E-state index in [1.54, 1.807) is 12.1 Å². The average Bonchev–Trinajstić information content (AvgIpc) is 2.59. The highest BCUT2D eigenvalue weighted by Crippen LogP contribution is 2.51. The topological polar surface area (TPSA) is 17.1 Å². The second kappa shape index (κ2) is 3.73. The van der Waals surface area contributed by atoms with Crippen LogP contribution in [0.1, 0.15) is 32.6 Å². The van der Waals surface area contributed by atoms with Crippen LogP contribution in [-0.2, 0) is 5.92 Å². The minimum absolute atomic E-state index is 0.0156. The van der Waals surface area contributed by atoms with Crippen LogP contribution in [0.3, 0.4) is 0 Å². The van der Waals surface area contributed by atoms with Crippen LogP contribution in [0, 0.1) is 13.8 Å². The van der Waals surface area contributed by atoms with Gasteiger partial charge < -0.3 is 0 Å². The van der Waals surface area contributed by atoms with E-state index >= 15 is 0 Å². The van der Waals surface area contributed by atoms with Gasteiger partial charge in [0.05, 0.1) is 0 Å². The van der Waals surface area contributed by atoms with Crippen LogP contribution in [0.25, 0.3) is 11.1 Å². The number of rotatable bonds is 1. The Morgan fingerprint density at radius 3 is 2.26 bits per heavy atom. The van der Waals surface area contributed by atoms with Gasteiger partial charge in [-0.1, -0.05) is 18.2 Å². The van der Waals surface area contributed by atoms with Crippen LogP contribution < -0.4 is 0 Å². The van der Waals surface area contributed by atoms with E-state index in [1.807, 2.05) is 13.8 Å². The summed E-state index contributed by atoms with van der Waals surface area (Å²) in [5.74, 6) is -2.98. The SMILES string of the molecule is Cc1cc2c(cc1C)C(F)(F)c1ccc(C=O)cc1-2. The van der Waals surface area contributed by atoms with Gasteiger partial charge in [0, 0.05) is 16.7 Å². The minimum Gasteiger partial charge on any atom is -0.298 e. The molecule has 0 spiro atoms. The minimum atomic E-state index is -2.98. The first-order chi connectivity index (χ1) is 8.95. The van der Waals surface area contributed by atoms with Crippen molar-refractivity contribution >= 4 is 6.29 Å². The Morgan fingerprint density at radius 2 is 1.58 bits per heavy atom. The number of halogens is 2. The first-order valence-electron chi connectivity index (χ1n) is 6.05. The maximum absolute atomic E-state index is 14.4. The molecule has 0 amide bonds. The van der Waals surface area contributed by atoms with Gasteiger partial charge in [0.1, 0.15) is 6.29 Å². The number of hydrogen-bond acceptors (Lipinski definition) is 1. The lowest BCUT2D eigenvalue weighted by Crippen LogP contribution is -2.11. The lowest BCUT2D eigenvalue weighted by atomic mass is 9.99. The van der Waals surface area contributed by atoms with E-state index in [9.17, 15) is 13.6 Å². The number of aldehydes is 1. The number of carbonyl (C=O) groups excluding carboxylic acids is 1. The molecule has 0 unspecified atom stereocenters. The highest BCUT2D eigenvalue weighted by molar-refractivity contribution is 5.85. The van der Waals surface area contributed by atoms with Crippen molar-refractivity contribution in [2.75, 3.05) is 0 Å². The molecule has 0 aliphatic heterocycles. The molecule has 0 radical (unpaired) electrons. The zero-order valence-corrected chi connectivity index (χ0v) is 10.6. The molecule has 2 aromatic rings. The predicted octanol–water partition coefficient (Wildman–Crippen LogP) is 4.24. The number of aryl methyl sites for hydroxylation is 2. The Balaban J connectivity index is 2.37. The summed E-state index contributed by atoms with van der Waals surface area (Å²) in [6.07, 6.45) is 0.678. The lowest BCUT2D eigenvalue weighted by molar-refractivity contribution is 0.0479. The Morgan fingerprint density at radius 1 is 0.947 bits per heavy atom. The van der Waals surface area contributed by atoms with Crippen LogP contribution in [0.15, 0.2) is 30.3 Å². The van der Waals surface area contributed by atoms with Crippen molar-refractivity contribution in [3.8, 4) is 11.1 Å². The second-order valence-electron chi connectivity index (χ2n) is 4.98. The largest absolute Gasteiger partial charge is 0.299 e. The molecule has 0 saturated carbocycles. The molecule has 0 aromatic heterocycles. The third-order valence-corrected chi connectivity index (χ3v) is 3.78. The van der Waals surface area contributed by atoms with Gasteiger partial charge in [0.25, 0.3) is 5.92 Å². The number of benzene rings is 2. The third-order valence-electron chi connectivity index (χ3n) is 3.78. The predicted molar refractivity (Wildman–Crippen MR) is 69.7 cm³/mol. The zero-order valence-electron chi connectivity index (χ0n) is 10.6. The second-order valence-corrected chi connectivity index (χ2v) is 4.98. The molecular weight excluding hydrogens is 246 g/mol. The molecule has 0 fully saturated rings. The first kappa shape index (κ1) is 12.0. The fraction of sp³-hybridized carbons (Fsp3) is 0.188. The standard InChI is InChI=1S/C16H12F2O/c1-9-5-12-13-7-11(8-19)3-4-14(13)16(17,18)15(12)6-10(9)2/h3-8H,1-2H3. The molecule has 3 heteroatoms. The summed E-state index contributed by atoms with van der Waals surface area (Å²) in [5, 5.41) is 0. The summed E-state index contributed by atoms with van der Waals surface area (Å²) >= 11 is 0. The molecule has 96 valence electrons. The summed E-state index contributed by atoms with van der Waals surface area (Å²) in [6.45, 7) is 3.72. The summed E-state index contributed by atoms with van der Waals surface area (Å²) in [4.78, 5) is 10.8. The number of fused-ring (bicyclic) bond motifs is 3. The van der Waals surface area contributed by atoms with Gasteiger partial charge in [-0.2, -0.15) is 8.78 Å². The van der Waals surface area contributed by atoms with E-state index in [0.29, 0.717) is 23.0 Å². The van der Waals surface area contributed by atoms with Gasteiger partial charge in [0.15, 0.2) is 0 Å². The van der Waals surface area contributed by atoms with Crippen LogP contribution in [-0.4, -0.2) is 6.29 Å². The molecule has 1 nitrogen and oxygen atoms in total. The first-order valence-corrected chi connectivity index (χ1v) is 6.05. The smallest absolute Gasteiger partial charge is 0.298 e. The molecule has 1 aliphatic rings. The molecule has 3 rings (SSSR count). The van der Waals surface area contributed by atoms with E-state index in [4.69, 9.17) is 0 Å². The molecule has 2 aromatic carbocycles. The van der Waals surface area contributed by atoms with E-state index in [1.165, 1.54) is 18.2 Å². The van der Waals surface area contributed by atoms with Crippen molar-refractivity contribution in [3.05, 3.63) is 58.1 Å². The zero-order chi connectivity index (χ0) is 13.8. The van der Waals surface area contributed by atoms with Gasteiger partial charge >= 0.3 is 0 Å². The van der Waals surface area contributed by atoms with Crippen LogP contribution in [0.4, 0.5) is 8.78 Å². The van der Waals surface area contributed by atoms with Gasteiger partial charge in [-0.15, -0.1) is 0 Å². The van der Waals surface area contributed by atoms with Crippen molar-refractivity contribution in [3.63, 3.8) is 0 Å². The highest BCUT2D eigenvalue weighted by Gasteiger charge is 2.44. The molecule has 0 bridgehead atoms. The summed E-state index contributed by atoms with van der Waals surface area (Å²) in [5.41, 5.74) is 3.26. The molecule has 0 saturated heterocycles. The number of hydrogen-bond donors (Lipinski definition) is 0.